The molecule has 0 atom stereocenters. The van der Waals surface area contributed by atoms with E-state index in [0.29, 0.717) is 0 Å². The Bertz CT molecular complexity index is 132. The van der Waals surface area contributed by atoms with E-state index in [9.17, 15) is 4.39 Å². The fourth-order valence-electron chi connectivity index (χ4n) is 0.283. The molecule has 0 aliphatic heterocycles. The highest BCUT2D eigenvalue weighted by atomic mass is 127. The third-order valence-corrected chi connectivity index (χ3v) is 9.77. The van der Waals surface area contributed by atoms with E-state index in [1.54, 1.807) is 22.6 Å². The Morgan fingerprint density at radius 1 is 1.22 bits per heavy atom. The summed E-state index contributed by atoms with van der Waals surface area (Å²) in [6.45, 7) is 6.40. The van der Waals surface area contributed by atoms with Crippen LogP contribution in [0.15, 0.2) is 7.04 Å². The van der Waals surface area contributed by atoms with E-state index in [-0.39, 0.29) is 3.83 Å². The van der Waals surface area contributed by atoms with Crippen molar-refractivity contribution in [2.24, 2.45) is 0 Å². The van der Waals surface area contributed by atoms with Crippen LogP contribution in [0, 0.1) is 0 Å². The average molecular weight is 370 g/mol. The zero-order valence-corrected chi connectivity index (χ0v) is 10.9. The van der Waals surface area contributed by atoms with E-state index < -0.39 is 8.07 Å². The molecule has 0 heterocycles. The van der Waals surface area contributed by atoms with Gasteiger partial charge in [-0.1, -0.05) is 42.2 Å². The van der Waals surface area contributed by atoms with Crippen molar-refractivity contribution < 1.29 is 4.39 Å². The van der Waals surface area contributed by atoms with Crippen LogP contribution >= 0.6 is 45.2 Å². The number of rotatable bonds is 1. The lowest BCUT2D eigenvalue weighted by Crippen LogP contribution is -2.20. The Morgan fingerprint density at radius 3 is 1.56 bits per heavy atom. The molecule has 0 aliphatic carbocycles. The first-order valence-electron chi connectivity index (χ1n) is 2.57. The van der Waals surface area contributed by atoms with Crippen LogP contribution in [0.2, 0.25) is 19.6 Å². The zero-order chi connectivity index (χ0) is 7.65. The molecule has 0 aromatic rings. The summed E-state index contributed by atoms with van der Waals surface area (Å²) >= 11 is 3.83. The van der Waals surface area contributed by atoms with Crippen LogP contribution in [0.1, 0.15) is 0 Å². The van der Waals surface area contributed by atoms with Gasteiger partial charge < -0.3 is 0 Å². The van der Waals surface area contributed by atoms with Crippen LogP contribution in [-0.2, 0) is 0 Å². The maximum Gasteiger partial charge on any atom is 0.165 e. The molecule has 0 amide bonds. The van der Waals surface area contributed by atoms with Gasteiger partial charge in [0.25, 0.3) is 0 Å². The van der Waals surface area contributed by atoms with E-state index in [2.05, 4.69) is 42.2 Å². The highest BCUT2D eigenvalue weighted by molar-refractivity contribution is 14.1. The summed E-state index contributed by atoms with van der Waals surface area (Å²) in [6, 6.07) is 0. The Morgan fingerprint density at radius 2 is 1.56 bits per heavy atom. The van der Waals surface area contributed by atoms with Crippen LogP contribution in [0.4, 0.5) is 4.39 Å². The van der Waals surface area contributed by atoms with E-state index in [4.69, 9.17) is 0 Å². The summed E-state index contributed by atoms with van der Waals surface area (Å²) in [5.74, 6) is 0. The molecule has 0 nitrogen and oxygen atoms in total. The first kappa shape index (κ1) is 10.3. The fourth-order valence-corrected chi connectivity index (χ4v) is 3.28. The Kier molecular flexibility index (Phi) is 4.20. The predicted molar refractivity (Wildman–Crippen MR) is 59.5 cm³/mol. The molecular weight excluding hydrogens is 361 g/mol. The molecule has 0 radical (unpaired) electrons. The molecule has 0 aromatic carbocycles. The lowest BCUT2D eigenvalue weighted by Gasteiger charge is -2.13. The third-order valence-electron chi connectivity index (χ3n) is 0.824. The molecule has 4 heteroatoms. The molecule has 0 fully saturated rings. The van der Waals surface area contributed by atoms with E-state index in [1.807, 2.05) is 0 Å². The Labute approximate surface area is 83.6 Å². The largest absolute Gasteiger partial charge is 0.200 e. The van der Waals surface area contributed by atoms with Crippen LogP contribution in [0.3, 0.4) is 0 Å². The van der Waals surface area contributed by atoms with Crippen molar-refractivity contribution in [3.05, 3.63) is 7.04 Å². The summed E-state index contributed by atoms with van der Waals surface area (Å²) in [7, 11) is -1.34. The van der Waals surface area contributed by atoms with Gasteiger partial charge in [0.2, 0.25) is 0 Å². The van der Waals surface area contributed by atoms with Crippen molar-refractivity contribution in [1.82, 2.24) is 0 Å². The van der Waals surface area contributed by atoms with Gasteiger partial charge in [-0.15, -0.1) is 0 Å². The van der Waals surface area contributed by atoms with Crippen LogP contribution in [0.5, 0.6) is 0 Å². The lowest BCUT2D eigenvalue weighted by atomic mass is 11.2. The van der Waals surface area contributed by atoms with Gasteiger partial charge in [-0.2, -0.15) is 4.39 Å². The van der Waals surface area contributed by atoms with Gasteiger partial charge in [0.15, 0.2) is 3.83 Å². The van der Waals surface area contributed by atoms with Gasteiger partial charge >= 0.3 is 0 Å². The molecule has 0 N–H and O–H groups in total. The molecule has 54 valence electrons. The van der Waals surface area contributed by atoms with Crippen LogP contribution in [0.25, 0.3) is 0 Å². The minimum Gasteiger partial charge on any atom is -0.200 e. The van der Waals surface area contributed by atoms with Gasteiger partial charge in [-0.05, 0) is 22.6 Å². The first-order chi connectivity index (χ1) is 3.85. The lowest BCUT2D eigenvalue weighted by molar-refractivity contribution is 0.712. The topological polar surface area (TPSA) is 0 Å². The molecule has 9 heavy (non-hydrogen) atoms. The number of halogens is 3. The summed E-state index contributed by atoms with van der Waals surface area (Å²) < 4.78 is 13.4. The molecule has 0 saturated heterocycles. The van der Waals surface area contributed by atoms with Crippen molar-refractivity contribution in [1.29, 1.82) is 0 Å². The standard InChI is InChI=1S/C5H9FI2Si/c1-9(2,3)5(8)4(6)7/h1-3H3/b5-4-. The molecule has 0 unspecified atom stereocenters. The smallest absolute Gasteiger partial charge is 0.165 e. The Hall–Kier alpha value is 1.35. The molecular formula is C5H9FI2Si. The fraction of sp³-hybridized carbons (Fsp3) is 0.600. The highest BCUT2D eigenvalue weighted by Gasteiger charge is 2.20. The molecule has 0 rings (SSSR count). The highest BCUT2D eigenvalue weighted by Crippen LogP contribution is 2.28. The monoisotopic (exact) mass is 370 g/mol. The maximum atomic E-state index is 12.5. The predicted octanol–water partition coefficient (Wildman–Crippen LogP) is 3.87. The quantitative estimate of drug-likeness (QED) is 0.486. The molecule has 0 aliphatic rings. The van der Waals surface area contributed by atoms with Gasteiger partial charge in [0.1, 0.15) is 0 Å². The summed E-state index contributed by atoms with van der Waals surface area (Å²) in [5.41, 5.74) is 0. The molecule has 0 aromatic heterocycles. The van der Waals surface area contributed by atoms with Crippen molar-refractivity contribution in [3.63, 3.8) is 0 Å². The van der Waals surface area contributed by atoms with Crippen LogP contribution < -0.4 is 0 Å². The van der Waals surface area contributed by atoms with Gasteiger partial charge in [0, 0.05) is 3.20 Å². The van der Waals surface area contributed by atoms with E-state index in [0.717, 1.165) is 3.20 Å². The van der Waals surface area contributed by atoms with Gasteiger partial charge in [-0.3, -0.25) is 0 Å². The third kappa shape index (κ3) is 3.92. The maximum absolute atomic E-state index is 12.5. The second-order valence-corrected chi connectivity index (χ2v) is 10.9. The first-order valence-corrected chi connectivity index (χ1v) is 8.22. The minimum atomic E-state index is -1.34. The molecule has 0 spiro atoms. The van der Waals surface area contributed by atoms with E-state index >= 15 is 0 Å². The number of hydrogen-bond acceptors (Lipinski definition) is 0. The SMILES string of the molecule is C[Si](C)(C)/C(I)=C(/F)I. The Balaban J connectivity index is 4.40. The second kappa shape index (κ2) is 3.66. The van der Waals surface area contributed by atoms with E-state index in [1.165, 1.54) is 0 Å². The second-order valence-electron chi connectivity index (χ2n) is 2.82. The number of hydrogen-bond donors (Lipinski definition) is 0. The summed E-state index contributed by atoms with van der Waals surface area (Å²) in [5, 5.41) is 0. The minimum absolute atomic E-state index is 0.0348. The molecule has 0 bridgehead atoms. The normalized spacial score (nSPS) is 15.3. The zero-order valence-electron chi connectivity index (χ0n) is 5.63. The van der Waals surface area contributed by atoms with Crippen molar-refractivity contribution in [3.8, 4) is 0 Å². The molecule has 0 saturated carbocycles. The average Bonchev–Trinajstić information content (AvgIpc) is 1.62. The van der Waals surface area contributed by atoms with Gasteiger partial charge in [-0.25, -0.2) is 0 Å². The summed E-state index contributed by atoms with van der Waals surface area (Å²) in [4.78, 5) is 0. The van der Waals surface area contributed by atoms with Gasteiger partial charge in [0.05, 0.1) is 8.07 Å². The van der Waals surface area contributed by atoms with Crippen molar-refractivity contribution >= 4 is 53.3 Å². The van der Waals surface area contributed by atoms with Crippen molar-refractivity contribution in [2.45, 2.75) is 19.6 Å². The van der Waals surface area contributed by atoms with Crippen molar-refractivity contribution in [2.75, 3.05) is 0 Å². The van der Waals surface area contributed by atoms with Crippen LogP contribution in [-0.4, -0.2) is 8.07 Å². The summed E-state index contributed by atoms with van der Waals surface area (Å²) in [6.07, 6.45) is 0.